The van der Waals surface area contributed by atoms with E-state index in [1.54, 1.807) is 7.11 Å². The number of likely N-dealkylation sites (tertiary alicyclic amines) is 1. The molecule has 0 saturated carbocycles. The molecule has 1 aliphatic heterocycles. The highest BCUT2D eigenvalue weighted by atomic mass is 127. The van der Waals surface area contributed by atoms with E-state index in [0.717, 1.165) is 37.0 Å². The number of rotatable bonds is 8. The van der Waals surface area contributed by atoms with Gasteiger partial charge in [-0.2, -0.15) is 0 Å². The third-order valence-electron chi connectivity index (χ3n) is 4.64. The summed E-state index contributed by atoms with van der Waals surface area (Å²) in [5.74, 6) is 2.49. The van der Waals surface area contributed by atoms with Gasteiger partial charge in [0.15, 0.2) is 5.96 Å². The summed E-state index contributed by atoms with van der Waals surface area (Å²) >= 11 is 0. The van der Waals surface area contributed by atoms with Crippen LogP contribution in [0.2, 0.25) is 0 Å². The molecule has 1 aromatic rings. The van der Waals surface area contributed by atoms with E-state index in [1.165, 1.54) is 7.11 Å². The Morgan fingerprint density at radius 3 is 2.50 bits per heavy atom. The number of esters is 1. The van der Waals surface area contributed by atoms with Crippen molar-refractivity contribution in [2.24, 2.45) is 16.8 Å². The minimum Gasteiger partial charge on any atom is -0.497 e. The van der Waals surface area contributed by atoms with Crippen LogP contribution in [0.5, 0.6) is 11.5 Å². The molecule has 1 aliphatic rings. The average molecular weight is 505 g/mol. The van der Waals surface area contributed by atoms with Crippen molar-refractivity contribution < 1.29 is 19.0 Å². The van der Waals surface area contributed by atoms with E-state index in [1.807, 2.05) is 31.2 Å². The Kier molecular flexibility index (Phi) is 11.0. The summed E-state index contributed by atoms with van der Waals surface area (Å²) < 4.78 is 15.8. The summed E-state index contributed by atoms with van der Waals surface area (Å²) in [4.78, 5) is 18.7. The average Bonchev–Trinajstić information content (AvgIpc) is 3.08. The fourth-order valence-electron chi connectivity index (χ4n) is 3.14. The third kappa shape index (κ3) is 7.03. The van der Waals surface area contributed by atoms with Crippen LogP contribution in [0.3, 0.4) is 0 Å². The lowest BCUT2D eigenvalue weighted by molar-refractivity contribution is -0.145. The fraction of sp³-hybridized carbons (Fsp3) is 0.600. The molecule has 8 heteroatoms. The molecule has 0 aliphatic carbocycles. The summed E-state index contributed by atoms with van der Waals surface area (Å²) in [6, 6.07) is 7.54. The van der Waals surface area contributed by atoms with Crippen LogP contribution < -0.4 is 14.8 Å². The molecule has 2 rings (SSSR count). The molecule has 0 spiro atoms. The lowest BCUT2D eigenvalue weighted by atomic mass is 9.99. The van der Waals surface area contributed by atoms with Crippen LogP contribution in [0.15, 0.2) is 29.3 Å². The van der Waals surface area contributed by atoms with Crippen molar-refractivity contribution >= 4 is 35.9 Å². The number of nitrogens with one attached hydrogen (secondary N) is 1. The minimum absolute atomic E-state index is 0. The molecule has 2 atom stereocenters. The molecule has 7 nitrogen and oxygen atoms in total. The van der Waals surface area contributed by atoms with Gasteiger partial charge in [-0.1, -0.05) is 6.92 Å². The van der Waals surface area contributed by atoms with Crippen LogP contribution in [0.4, 0.5) is 0 Å². The molecule has 2 unspecified atom stereocenters. The van der Waals surface area contributed by atoms with E-state index in [4.69, 9.17) is 14.2 Å². The Morgan fingerprint density at radius 1 is 1.21 bits per heavy atom. The maximum atomic E-state index is 11.9. The highest BCUT2D eigenvalue weighted by Gasteiger charge is 2.36. The first kappa shape index (κ1) is 24.3. The summed E-state index contributed by atoms with van der Waals surface area (Å²) in [6.45, 7) is 7.60. The number of methoxy groups -OCH3 is 2. The summed E-state index contributed by atoms with van der Waals surface area (Å²) in [5, 5.41) is 3.31. The Bertz CT molecular complexity index is 624. The zero-order chi connectivity index (χ0) is 19.6. The van der Waals surface area contributed by atoms with Gasteiger partial charge >= 0.3 is 5.97 Å². The van der Waals surface area contributed by atoms with Gasteiger partial charge < -0.3 is 24.4 Å². The summed E-state index contributed by atoms with van der Waals surface area (Å²) in [6.07, 6.45) is 0.810. The van der Waals surface area contributed by atoms with Crippen molar-refractivity contribution in [1.29, 1.82) is 0 Å². The second kappa shape index (κ2) is 12.7. The van der Waals surface area contributed by atoms with Crippen molar-refractivity contribution in [2.75, 3.05) is 47.0 Å². The first-order valence-corrected chi connectivity index (χ1v) is 9.47. The van der Waals surface area contributed by atoms with Gasteiger partial charge in [0.25, 0.3) is 0 Å². The van der Waals surface area contributed by atoms with E-state index in [-0.39, 0.29) is 41.8 Å². The van der Waals surface area contributed by atoms with E-state index in [2.05, 4.69) is 22.1 Å². The third-order valence-corrected chi connectivity index (χ3v) is 4.64. The van der Waals surface area contributed by atoms with Gasteiger partial charge in [-0.15, -0.1) is 24.0 Å². The molecule has 0 radical (unpaired) electrons. The first-order valence-electron chi connectivity index (χ1n) is 9.47. The van der Waals surface area contributed by atoms with Crippen LogP contribution in [0, 0.1) is 11.8 Å². The minimum atomic E-state index is -0.145. The molecule has 1 N–H and O–H groups in total. The van der Waals surface area contributed by atoms with E-state index in [9.17, 15) is 4.79 Å². The topological polar surface area (TPSA) is 72.4 Å². The molecule has 158 valence electrons. The molecule has 0 aromatic heterocycles. The fourth-order valence-corrected chi connectivity index (χ4v) is 3.14. The van der Waals surface area contributed by atoms with Crippen molar-refractivity contribution in [3.8, 4) is 11.5 Å². The van der Waals surface area contributed by atoms with Crippen molar-refractivity contribution in [1.82, 2.24) is 10.2 Å². The molecule has 28 heavy (non-hydrogen) atoms. The number of halogens is 1. The van der Waals surface area contributed by atoms with Gasteiger partial charge in [0.1, 0.15) is 11.5 Å². The smallest absolute Gasteiger partial charge is 0.310 e. The molecule has 1 heterocycles. The van der Waals surface area contributed by atoms with E-state index < -0.39 is 0 Å². The van der Waals surface area contributed by atoms with Gasteiger partial charge in [-0.3, -0.25) is 9.79 Å². The zero-order valence-electron chi connectivity index (χ0n) is 17.1. The number of carbonyl (C=O) groups is 1. The van der Waals surface area contributed by atoms with Crippen molar-refractivity contribution in [3.63, 3.8) is 0 Å². The number of aliphatic imine (C=N–C) groups is 1. The highest BCUT2D eigenvalue weighted by molar-refractivity contribution is 14.0. The summed E-state index contributed by atoms with van der Waals surface area (Å²) in [7, 11) is 3.09. The van der Waals surface area contributed by atoms with E-state index >= 15 is 0 Å². The second-order valence-electron chi connectivity index (χ2n) is 6.63. The molecular formula is C20H32IN3O4. The van der Waals surface area contributed by atoms with Crippen LogP contribution in [0.25, 0.3) is 0 Å². The lowest BCUT2D eigenvalue weighted by Crippen LogP contribution is -2.40. The lowest BCUT2D eigenvalue weighted by Gasteiger charge is -2.21. The number of hydrogen-bond donors (Lipinski definition) is 1. The predicted octanol–water partition coefficient (Wildman–Crippen LogP) is 2.79. The quantitative estimate of drug-likeness (QED) is 0.193. The normalized spacial score (nSPS) is 19.0. The number of benzene rings is 1. The standard InChI is InChI=1S/C20H31N3O4.HI/c1-5-21-20(23-13-15(2)18(14-23)19(24)26-4)22-11-6-12-27-17-9-7-16(25-3)8-10-17;/h7-10,15,18H,5-6,11-14H2,1-4H3,(H,21,22);1H. The molecular weight excluding hydrogens is 473 g/mol. The Hall–Kier alpha value is -1.71. The van der Waals surface area contributed by atoms with Gasteiger partial charge in [-0.05, 0) is 37.1 Å². The largest absolute Gasteiger partial charge is 0.497 e. The zero-order valence-corrected chi connectivity index (χ0v) is 19.5. The first-order chi connectivity index (χ1) is 13.1. The number of guanidine groups is 1. The number of nitrogens with zero attached hydrogens (tertiary/aromatic N) is 2. The van der Waals surface area contributed by atoms with Crippen molar-refractivity contribution in [3.05, 3.63) is 24.3 Å². The molecule has 0 bridgehead atoms. The van der Waals surface area contributed by atoms with Crippen LogP contribution in [0.1, 0.15) is 20.3 Å². The van der Waals surface area contributed by atoms with Gasteiger partial charge in [0.05, 0.1) is 26.7 Å². The SMILES string of the molecule is CCNC(=NCCCOc1ccc(OC)cc1)N1CC(C)C(C(=O)OC)C1.I. The van der Waals surface area contributed by atoms with Crippen LogP contribution in [-0.2, 0) is 9.53 Å². The van der Waals surface area contributed by atoms with Gasteiger partial charge in [-0.25, -0.2) is 0 Å². The summed E-state index contributed by atoms with van der Waals surface area (Å²) in [5.41, 5.74) is 0. The van der Waals surface area contributed by atoms with Crippen LogP contribution >= 0.6 is 24.0 Å². The van der Waals surface area contributed by atoms with Gasteiger partial charge in [0.2, 0.25) is 0 Å². The molecule has 1 aromatic carbocycles. The van der Waals surface area contributed by atoms with Gasteiger partial charge in [0, 0.05) is 32.6 Å². The highest BCUT2D eigenvalue weighted by Crippen LogP contribution is 2.24. The number of ether oxygens (including phenoxy) is 3. The van der Waals surface area contributed by atoms with E-state index in [0.29, 0.717) is 19.7 Å². The maximum absolute atomic E-state index is 11.9. The van der Waals surface area contributed by atoms with Crippen molar-refractivity contribution in [2.45, 2.75) is 20.3 Å². The second-order valence-corrected chi connectivity index (χ2v) is 6.63. The molecule has 1 fully saturated rings. The molecule has 0 amide bonds. The Morgan fingerprint density at radius 2 is 1.89 bits per heavy atom. The molecule has 1 saturated heterocycles. The Labute approximate surface area is 184 Å². The van der Waals surface area contributed by atoms with Crippen LogP contribution in [-0.4, -0.2) is 63.8 Å². The number of hydrogen-bond acceptors (Lipinski definition) is 5. The Balaban J connectivity index is 0.00000392. The predicted molar refractivity (Wildman–Crippen MR) is 121 cm³/mol. The maximum Gasteiger partial charge on any atom is 0.310 e. The number of carbonyl (C=O) groups excluding carboxylic acids is 1. The monoisotopic (exact) mass is 505 g/mol.